The van der Waals surface area contributed by atoms with Crippen molar-refractivity contribution in [2.45, 2.75) is 27.2 Å². The summed E-state index contributed by atoms with van der Waals surface area (Å²) in [4.78, 5) is 5.01. The van der Waals surface area contributed by atoms with Crippen LogP contribution in [0.5, 0.6) is 0 Å². The second kappa shape index (κ2) is 7.85. The maximum absolute atomic E-state index is 5.01. The zero-order chi connectivity index (χ0) is 19.5. The Morgan fingerprint density at radius 1 is 0.929 bits per heavy atom. The molecule has 0 fully saturated rings. The predicted octanol–water partition coefficient (Wildman–Crippen LogP) is 5.83. The van der Waals surface area contributed by atoms with Gasteiger partial charge in [-0.25, -0.2) is 4.98 Å². The Morgan fingerprint density at radius 2 is 1.57 bits per heavy atom. The molecule has 2 aromatic carbocycles. The summed E-state index contributed by atoms with van der Waals surface area (Å²) in [7, 11) is 0. The fourth-order valence-corrected chi connectivity index (χ4v) is 3.44. The van der Waals surface area contributed by atoms with Gasteiger partial charge in [0.25, 0.3) is 0 Å². The zero-order valence-electron chi connectivity index (χ0n) is 16.7. The molecule has 4 rings (SSSR count). The van der Waals surface area contributed by atoms with Crippen LogP contribution in [-0.2, 0) is 0 Å². The minimum atomic E-state index is 0.651. The molecule has 0 amide bonds. The molecule has 4 heteroatoms. The van der Waals surface area contributed by atoms with E-state index in [1.807, 2.05) is 28.8 Å². The van der Waals surface area contributed by atoms with E-state index >= 15 is 0 Å². The molecular formula is C24H26N4. The van der Waals surface area contributed by atoms with Gasteiger partial charge in [0.15, 0.2) is 5.65 Å². The van der Waals surface area contributed by atoms with Crippen LogP contribution in [0.25, 0.3) is 28.0 Å². The number of aryl methyl sites for hydroxylation is 1. The number of benzene rings is 2. The van der Waals surface area contributed by atoms with Gasteiger partial charge in [0.1, 0.15) is 5.82 Å². The highest BCUT2D eigenvalue weighted by Gasteiger charge is 2.17. The predicted molar refractivity (Wildman–Crippen MR) is 117 cm³/mol. The van der Waals surface area contributed by atoms with Gasteiger partial charge in [0.05, 0.1) is 11.4 Å². The van der Waals surface area contributed by atoms with Crippen molar-refractivity contribution in [3.8, 4) is 22.4 Å². The lowest BCUT2D eigenvalue weighted by Gasteiger charge is -2.12. The lowest BCUT2D eigenvalue weighted by atomic mass is 10.1. The highest BCUT2D eigenvalue weighted by atomic mass is 15.3. The summed E-state index contributed by atoms with van der Waals surface area (Å²) in [5, 5.41) is 8.40. The van der Waals surface area contributed by atoms with Crippen LogP contribution in [0, 0.1) is 12.8 Å². The number of fused-ring (bicyclic) bond motifs is 1. The lowest BCUT2D eigenvalue weighted by molar-refractivity contribution is 0.606. The third-order valence-corrected chi connectivity index (χ3v) is 4.92. The molecule has 28 heavy (non-hydrogen) atoms. The second-order valence-corrected chi connectivity index (χ2v) is 7.56. The number of hydrogen-bond donors (Lipinski definition) is 1. The van der Waals surface area contributed by atoms with Crippen LogP contribution >= 0.6 is 0 Å². The maximum atomic E-state index is 5.01. The SMILES string of the molecule is Cc1nn2c(NCCC(C)C)cc(-c3ccccc3)nc2c1-c1ccccc1. The molecule has 142 valence electrons. The van der Waals surface area contributed by atoms with E-state index in [1.165, 1.54) is 0 Å². The summed E-state index contributed by atoms with van der Waals surface area (Å²) in [5.74, 6) is 1.63. The van der Waals surface area contributed by atoms with Gasteiger partial charge < -0.3 is 5.32 Å². The number of aromatic nitrogens is 3. The van der Waals surface area contributed by atoms with Crippen molar-refractivity contribution in [3.05, 3.63) is 72.4 Å². The van der Waals surface area contributed by atoms with Crippen molar-refractivity contribution in [1.29, 1.82) is 0 Å². The molecular weight excluding hydrogens is 344 g/mol. The molecule has 0 radical (unpaired) electrons. The normalized spacial score (nSPS) is 11.3. The second-order valence-electron chi connectivity index (χ2n) is 7.56. The van der Waals surface area contributed by atoms with Crippen molar-refractivity contribution in [3.63, 3.8) is 0 Å². The van der Waals surface area contributed by atoms with Crippen LogP contribution in [-0.4, -0.2) is 21.1 Å². The first-order valence-electron chi connectivity index (χ1n) is 9.88. The Kier molecular flexibility index (Phi) is 5.11. The molecule has 4 aromatic rings. The number of anilines is 1. The standard InChI is InChI=1S/C24H26N4/c1-17(2)14-15-25-22-16-21(19-10-6-4-7-11-19)26-24-23(18(3)27-28(22)24)20-12-8-5-9-13-20/h4-13,16-17,25H,14-15H2,1-3H3. The van der Waals surface area contributed by atoms with Crippen molar-refractivity contribution in [2.75, 3.05) is 11.9 Å². The van der Waals surface area contributed by atoms with Gasteiger partial charge in [-0.2, -0.15) is 9.61 Å². The fourth-order valence-electron chi connectivity index (χ4n) is 3.44. The first-order chi connectivity index (χ1) is 13.6. The Morgan fingerprint density at radius 3 is 2.21 bits per heavy atom. The smallest absolute Gasteiger partial charge is 0.166 e. The van der Waals surface area contributed by atoms with Crippen molar-refractivity contribution >= 4 is 11.5 Å². The van der Waals surface area contributed by atoms with Gasteiger partial charge in [-0.05, 0) is 24.8 Å². The molecule has 1 N–H and O–H groups in total. The Bertz CT molecular complexity index is 1070. The molecule has 0 saturated heterocycles. The zero-order valence-corrected chi connectivity index (χ0v) is 16.7. The topological polar surface area (TPSA) is 42.2 Å². The minimum Gasteiger partial charge on any atom is -0.370 e. The third-order valence-electron chi connectivity index (χ3n) is 4.92. The van der Waals surface area contributed by atoms with Gasteiger partial charge >= 0.3 is 0 Å². The van der Waals surface area contributed by atoms with Crippen molar-refractivity contribution in [2.24, 2.45) is 5.92 Å². The number of rotatable bonds is 6. The van der Waals surface area contributed by atoms with E-state index in [-0.39, 0.29) is 0 Å². The lowest BCUT2D eigenvalue weighted by Crippen LogP contribution is -2.10. The maximum Gasteiger partial charge on any atom is 0.166 e. The highest BCUT2D eigenvalue weighted by molar-refractivity contribution is 5.82. The summed E-state index contributed by atoms with van der Waals surface area (Å²) < 4.78 is 1.95. The summed E-state index contributed by atoms with van der Waals surface area (Å²) in [6, 6.07) is 22.8. The molecule has 0 aliphatic rings. The van der Waals surface area contributed by atoms with Crippen LogP contribution in [0.1, 0.15) is 26.0 Å². The largest absolute Gasteiger partial charge is 0.370 e. The monoisotopic (exact) mass is 370 g/mol. The Hall–Kier alpha value is -3.14. The molecule has 0 unspecified atom stereocenters. The van der Waals surface area contributed by atoms with Crippen LogP contribution in [0.3, 0.4) is 0 Å². The first-order valence-corrected chi connectivity index (χ1v) is 9.88. The molecule has 0 spiro atoms. The van der Waals surface area contributed by atoms with Gasteiger partial charge in [0.2, 0.25) is 0 Å². The van der Waals surface area contributed by atoms with E-state index < -0.39 is 0 Å². The average Bonchev–Trinajstić information content (AvgIpc) is 3.05. The van der Waals surface area contributed by atoms with Crippen LogP contribution in [0.2, 0.25) is 0 Å². The minimum absolute atomic E-state index is 0.651. The Balaban J connectivity index is 1.89. The molecule has 0 bridgehead atoms. The molecule has 4 nitrogen and oxygen atoms in total. The van der Waals surface area contributed by atoms with E-state index in [1.54, 1.807) is 0 Å². The van der Waals surface area contributed by atoms with E-state index in [4.69, 9.17) is 10.1 Å². The summed E-state index contributed by atoms with van der Waals surface area (Å²) in [6.45, 7) is 7.44. The molecule has 2 heterocycles. The molecule has 0 atom stereocenters. The molecule has 2 aromatic heterocycles. The summed E-state index contributed by atoms with van der Waals surface area (Å²) in [6.07, 6.45) is 1.11. The highest BCUT2D eigenvalue weighted by Crippen LogP contribution is 2.31. The summed E-state index contributed by atoms with van der Waals surface area (Å²) in [5.41, 5.74) is 6.16. The van der Waals surface area contributed by atoms with Crippen LogP contribution in [0.4, 0.5) is 5.82 Å². The van der Waals surface area contributed by atoms with Gasteiger partial charge in [0, 0.05) is 23.7 Å². The third kappa shape index (κ3) is 3.63. The van der Waals surface area contributed by atoms with Crippen LogP contribution in [0.15, 0.2) is 66.7 Å². The molecule has 0 aliphatic heterocycles. The van der Waals surface area contributed by atoms with Crippen molar-refractivity contribution in [1.82, 2.24) is 14.6 Å². The number of nitrogens with zero attached hydrogens (tertiary/aromatic N) is 3. The van der Waals surface area contributed by atoms with Crippen molar-refractivity contribution < 1.29 is 0 Å². The van der Waals surface area contributed by atoms with E-state index in [9.17, 15) is 0 Å². The first kappa shape index (κ1) is 18.2. The number of hydrogen-bond acceptors (Lipinski definition) is 3. The summed E-state index contributed by atoms with van der Waals surface area (Å²) >= 11 is 0. The van der Waals surface area contributed by atoms with Gasteiger partial charge in [-0.3, -0.25) is 0 Å². The molecule has 0 saturated carbocycles. The van der Waals surface area contributed by atoms with Crippen LogP contribution < -0.4 is 5.32 Å². The average molecular weight is 371 g/mol. The molecule has 0 aliphatic carbocycles. The van der Waals surface area contributed by atoms with E-state index in [0.717, 1.165) is 52.5 Å². The fraction of sp³-hybridized carbons (Fsp3) is 0.250. The van der Waals surface area contributed by atoms with Gasteiger partial charge in [-0.15, -0.1) is 0 Å². The van der Waals surface area contributed by atoms with E-state index in [0.29, 0.717) is 5.92 Å². The van der Waals surface area contributed by atoms with E-state index in [2.05, 4.69) is 68.6 Å². The quantitative estimate of drug-likeness (QED) is 0.464. The number of nitrogens with one attached hydrogen (secondary N) is 1. The Labute approximate surface area is 166 Å². The van der Waals surface area contributed by atoms with Gasteiger partial charge in [-0.1, -0.05) is 74.5 Å².